The molecule has 5 heteroatoms. The van der Waals surface area contributed by atoms with Gasteiger partial charge in [-0.2, -0.15) is 0 Å². The molecule has 1 unspecified atom stereocenters. The van der Waals surface area contributed by atoms with E-state index in [-0.39, 0.29) is 0 Å². The van der Waals surface area contributed by atoms with Crippen molar-refractivity contribution in [3.8, 4) is 11.5 Å². The minimum atomic E-state index is -0.633. The number of methoxy groups -OCH3 is 2. The summed E-state index contributed by atoms with van der Waals surface area (Å²) in [7, 11) is 3.20. The summed E-state index contributed by atoms with van der Waals surface area (Å²) in [5.74, 6) is 1.37. The second-order valence-electron chi connectivity index (χ2n) is 4.79. The molecule has 1 atom stereocenters. The highest BCUT2D eigenvalue weighted by molar-refractivity contribution is 5.41. The van der Waals surface area contributed by atoms with E-state index in [1.54, 1.807) is 26.4 Å². The Bertz CT molecular complexity index is 398. The Morgan fingerprint density at radius 2 is 2.00 bits per heavy atom. The SMILES string of the molecule is CCCOCCCNCC(O)c1cc(OC)ccc1OC. The molecule has 0 heterocycles. The molecule has 0 aliphatic carbocycles. The molecule has 0 saturated heterocycles. The molecule has 1 rings (SSSR count). The van der Waals surface area contributed by atoms with Crippen molar-refractivity contribution >= 4 is 0 Å². The van der Waals surface area contributed by atoms with E-state index in [0.717, 1.165) is 38.2 Å². The van der Waals surface area contributed by atoms with Crippen molar-refractivity contribution in [2.24, 2.45) is 0 Å². The van der Waals surface area contributed by atoms with E-state index < -0.39 is 6.10 Å². The fraction of sp³-hybridized carbons (Fsp3) is 0.625. The van der Waals surface area contributed by atoms with Gasteiger partial charge in [-0.3, -0.25) is 0 Å². The first-order chi connectivity index (χ1) is 10.2. The van der Waals surface area contributed by atoms with Gasteiger partial charge in [-0.05, 0) is 37.6 Å². The molecule has 1 aromatic carbocycles. The van der Waals surface area contributed by atoms with Crippen molar-refractivity contribution in [3.63, 3.8) is 0 Å². The van der Waals surface area contributed by atoms with E-state index in [9.17, 15) is 5.11 Å². The van der Waals surface area contributed by atoms with Crippen LogP contribution in [0.5, 0.6) is 11.5 Å². The lowest BCUT2D eigenvalue weighted by atomic mass is 10.1. The van der Waals surface area contributed by atoms with Crippen LogP contribution in [-0.4, -0.2) is 45.6 Å². The molecule has 0 amide bonds. The highest BCUT2D eigenvalue weighted by Gasteiger charge is 2.14. The highest BCUT2D eigenvalue weighted by Crippen LogP contribution is 2.28. The number of hydrogen-bond acceptors (Lipinski definition) is 5. The summed E-state index contributed by atoms with van der Waals surface area (Å²) in [6, 6.07) is 5.42. The van der Waals surface area contributed by atoms with Crippen LogP contribution in [0.1, 0.15) is 31.4 Å². The van der Waals surface area contributed by atoms with Crippen LogP contribution in [0.3, 0.4) is 0 Å². The maximum atomic E-state index is 10.3. The van der Waals surface area contributed by atoms with Crippen LogP contribution in [-0.2, 0) is 4.74 Å². The number of hydrogen-bond donors (Lipinski definition) is 2. The number of rotatable bonds is 11. The van der Waals surface area contributed by atoms with Gasteiger partial charge in [0, 0.05) is 25.3 Å². The van der Waals surface area contributed by atoms with E-state index >= 15 is 0 Å². The van der Waals surface area contributed by atoms with Crippen molar-refractivity contribution in [3.05, 3.63) is 23.8 Å². The van der Waals surface area contributed by atoms with Gasteiger partial charge in [0.1, 0.15) is 11.5 Å². The molecule has 120 valence electrons. The second-order valence-corrected chi connectivity index (χ2v) is 4.79. The first-order valence-electron chi connectivity index (χ1n) is 7.41. The summed E-state index contributed by atoms with van der Waals surface area (Å²) in [5.41, 5.74) is 0.728. The van der Waals surface area contributed by atoms with Crippen molar-refractivity contribution in [2.45, 2.75) is 25.9 Å². The molecule has 0 spiro atoms. The molecule has 0 bridgehead atoms. The first kappa shape index (κ1) is 17.8. The predicted octanol–water partition coefficient (Wildman–Crippen LogP) is 2.14. The number of aliphatic hydroxyl groups excluding tert-OH is 1. The van der Waals surface area contributed by atoms with Crippen LogP contribution in [0.4, 0.5) is 0 Å². The Hall–Kier alpha value is -1.30. The molecule has 0 saturated carbocycles. The summed E-state index contributed by atoms with van der Waals surface area (Å²) >= 11 is 0. The summed E-state index contributed by atoms with van der Waals surface area (Å²) in [6.07, 6.45) is 1.34. The van der Waals surface area contributed by atoms with E-state index in [2.05, 4.69) is 12.2 Å². The Labute approximate surface area is 127 Å². The van der Waals surface area contributed by atoms with Crippen LogP contribution in [0.2, 0.25) is 0 Å². The quantitative estimate of drug-likeness (QED) is 0.613. The molecule has 0 radical (unpaired) electrons. The number of nitrogens with one attached hydrogen (secondary N) is 1. The van der Waals surface area contributed by atoms with E-state index in [4.69, 9.17) is 14.2 Å². The second kappa shape index (κ2) is 10.4. The average molecular weight is 297 g/mol. The van der Waals surface area contributed by atoms with Crippen LogP contribution in [0.25, 0.3) is 0 Å². The van der Waals surface area contributed by atoms with Crippen molar-refractivity contribution in [1.82, 2.24) is 5.32 Å². The molecular formula is C16H27NO4. The number of benzene rings is 1. The summed E-state index contributed by atoms with van der Waals surface area (Å²) in [4.78, 5) is 0. The molecule has 21 heavy (non-hydrogen) atoms. The molecule has 0 aliphatic rings. The summed E-state index contributed by atoms with van der Waals surface area (Å²) in [5, 5.41) is 13.5. The van der Waals surface area contributed by atoms with Gasteiger partial charge in [0.05, 0.1) is 20.3 Å². The lowest BCUT2D eigenvalue weighted by Gasteiger charge is -2.16. The van der Waals surface area contributed by atoms with Crippen molar-refractivity contribution in [1.29, 1.82) is 0 Å². The van der Waals surface area contributed by atoms with E-state index in [1.165, 1.54) is 0 Å². The lowest BCUT2D eigenvalue weighted by Crippen LogP contribution is -2.23. The molecule has 0 fully saturated rings. The Balaban J connectivity index is 2.38. The lowest BCUT2D eigenvalue weighted by molar-refractivity contribution is 0.129. The zero-order valence-electron chi connectivity index (χ0n) is 13.2. The topological polar surface area (TPSA) is 60.0 Å². The van der Waals surface area contributed by atoms with Crippen molar-refractivity contribution in [2.75, 3.05) is 40.5 Å². The standard InChI is InChI=1S/C16H27NO4/c1-4-9-21-10-5-8-17-12-15(18)14-11-13(19-2)6-7-16(14)20-3/h6-7,11,15,17-18H,4-5,8-10,12H2,1-3H3. The molecule has 1 aromatic rings. The summed E-state index contributed by atoms with van der Waals surface area (Å²) in [6.45, 7) is 4.93. The van der Waals surface area contributed by atoms with Crippen LogP contribution in [0.15, 0.2) is 18.2 Å². The maximum Gasteiger partial charge on any atom is 0.124 e. The predicted molar refractivity (Wildman–Crippen MR) is 83.1 cm³/mol. The number of aliphatic hydroxyl groups is 1. The van der Waals surface area contributed by atoms with Crippen LogP contribution in [0, 0.1) is 0 Å². The monoisotopic (exact) mass is 297 g/mol. The van der Waals surface area contributed by atoms with Gasteiger partial charge in [-0.25, -0.2) is 0 Å². The van der Waals surface area contributed by atoms with Gasteiger partial charge in [-0.1, -0.05) is 6.92 Å². The first-order valence-corrected chi connectivity index (χ1v) is 7.41. The van der Waals surface area contributed by atoms with Gasteiger partial charge in [0.25, 0.3) is 0 Å². The average Bonchev–Trinajstić information content (AvgIpc) is 2.53. The van der Waals surface area contributed by atoms with E-state index in [1.807, 2.05) is 6.07 Å². The zero-order valence-corrected chi connectivity index (χ0v) is 13.2. The summed E-state index contributed by atoms with van der Waals surface area (Å²) < 4.78 is 15.9. The molecule has 5 nitrogen and oxygen atoms in total. The zero-order chi connectivity index (χ0) is 15.5. The normalized spacial score (nSPS) is 12.2. The van der Waals surface area contributed by atoms with Gasteiger partial charge in [-0.15, -0.1) is 0 Å². The molecule has 0 aromatic heterocycles. The fourth-order valence-corrected chi connectivity index (χ4v) is 1.99. The fourth-order valence-electron chi connectivity index (χ4n) is 1.99. The maximum absolute atomic E-state index is 10.3. The van der Waals surface area contributed by atoms with Crippen molar-refractivity contribution < 1.29 is 19.3 Å². The Kier molecular flexibility index (Phi) is 8.82. The van der Waals surface area contributed by atoms with Crippen LogP contribution >= 0.6 is 0 Å². The number of ether oxygens (including phenoxy) is 3. The molecular weight excluding hydrogens is 270 g/mol. The van der Waals surface area contributed by atoms with Gasteiger partial charge in [0.15, 0.2) is 0 Å². The minimum absolute atomic E-state index is 0.470. The third-order valence-corrected chi connectivity index (χ3v) is 3.12. The van der Waals surface area contributed by atoms with Gasteiger partial charge < -0.3 is 24.6 Å². The highest BCUT2D eigenvalue weighted by atomic mass is 16.5. The van der Waals surface area contributed by atoms with Crippen LogP contribution < -0.4 is 14.8 Å². The third kappa shape index (κ3) is 6.33. The smallest absolute Gasteiger partial charge is 0.124 e. The third-order valence-electron chi connectivity index (χ3n) is 3.12. The Morgan fingerprint density at radius 3 is 2.67 bits per heavy atom. The molecule has 2 N–H and O–H groups in total. The van der Waals surface area contributed by atoms with Gasteiger partial charge in [0.2, 0.25) is 0 Å². The van der Waals surface area contributed by atoms with E-state index in [0.29, 0.717) is 18.0 Å². The van der Waals surface area contributed by atoms with Gasteiger partial charge >= 0.3 is 0 Å². The largest absolute Gasteiger partial charge is 0.497 e. The minimum Gasteiger partial charge on any atom is -0.497 e. The molecule has 0 aliphatic heterocycles. The Morgan fingerprint density at radius 1 is 1.19 bits per heavy atom.